The molecule has 0 aliphatic heterocycles. The van der Waals surface area contributed by atoms with Crippen molar-refractivity contribution in [1.82, 2.24) is 14.9 Å². The lowest BCUT2D eigenvalue weighted by Crippen LogP contribution is -2.23. The predicted molar refractivity (Wildman–Crippen MR) is 98.4 cm³/mol. The van der Waals surface area contributed by atoms with Crippen LogP contribution in [-0.4, -0.2) is 29.1 Å². The number of aryl methyl sites for hydroxylation is 1. The van der Waals surface area contributed by atoms with E-state index in [-0.39, 0.29) is 12.5 Å². The van der Waals surface area contributed by atoms with Crippen LogP contribution in [0.15, 0.2) is 48.8 Å². The topological polar surface area (TPSA) is 56.1 Å². The molecule has 0 fully saturated rings. The summed E-state index contributed by atoms with van der Waals surface area (Å²) in [5.74, 6) is 6.59. The van der Waals surface area contributed by atoms with Crippen LogP contribution in [-0.2, 0) is 0 Å². The number of carbonyl (C=O) groups is 1. The zero-order valence-electron chi connectivity index (χ0n) is 13.9. The third-order valence-corrected chi connectivity index (χ3v) is 4.65. The van der Waals surface area contributed by atoms with Crippen molar-refractivity contribution in [3.63, 3.8) is 0 Å². The molecule has 0 unspecified atom stereocenters. The van der Waals surface area contributed by atoms with Gasteiger partial charge in [-0.3, -0.25) is 4.79 Å². The van der Waals surface area contributed by atoms with Gasteiger partial charge in [-0.2, -0.15) is 0 Å². The minimum atomic E-state index is -0.155. The lowest BCUT2D eigenvalue weighted by molar-refractivity contribution is 0.0962. The molecule has 0 aliphatic carbocycles. The summed E-state index contributed by atoms with van der Waals surface area (Å²) >= 11 is 1.36. The van der Waals surface area contributed by atoms with Gasteiger partial charge in [0, 0.05) is 18.0 Å². The van der Waals surface area contributed by atoms with E-state index in [1.165, 1.54) is 11.3 Å². The van der Waals surface area contributed by atoms with Crippen LogP contribution in [0.4, 0.5) is 0 Å². The van der Waals surface area contributed by atoms with Gasteiger partial charge in [0.25, 0.3) is 5.91 Å². The number of rotatable bonds is 4. The largest absolute Gasteiger partial charge is 0.497 e. The molecule has 3 aromatic rings. The smallest absolute Gasteiger partial charge is 0.264 e. The highest BCUT2D eigenvalue weighted by Crippen LogP contribution is 2.21. The molecule has 0 saturated heterocycles. The first-order chi connectivity index (χ1) is 12.2. The van der Waals surface area contributed by atoms with Crippen molar-refractivity contribution in [2.24, 2.45) is 0 Å². The summed E-state index contributed by atoms with van der Waals surface area (Å²) in [7, 11) is 1.62. The lowest BCUT2D eigenvalue weighted by atomic mass is 10.2. The minimum Gasteiger partial charge on any atom is -0.497 e. The second-order valence-electron chi connectivity index (χ2n) is 5.21. The Hall–Kier alpha value is -3.04. The first-order valence-electron chi connectivity index (χ1n) is 7.69. The van der Waals surface area contributed by atoms with Gasteiger partial charge < -0.3 is 14.6 Å². The SMILES string of the molecule is COc1ccc(C#CCNC(=O)c2sc(-n3cccc3)nc2C)cc1. The van der Waals surface area contributed by atoms with E-state index in [4.69, 9.17) is 4.74 Å². The number of methoxy groups -OCH3 is 1. The van der Waals surface area contributed by atoms with E-state index in [1.54, 1.807) is 7.11 Å². The monoisotopic (exact) mass is 351 g/mol. The van der Waals surface area contributed by atoms with Gasteiger partial charge in [-0.25, -0.2) is 4.98 Å². The standard InChI is InChI=1S/C19H17N3O2S/c1-14-17(25-19(21-14)22-12-3-4-13-22)18(23)20-11-5-6-15-7-9-16(24-2)10-8-15/h3-4,7-10,12-13H,11H2,1-2H3,(H,20,23). The van der Waals surface area contributed by atoms with Crippen LogP contribution in [0.1, 0.15) is 20.9 Å². The maximum absolute atomic E-state index is 12.3. The van der Waals surface area contributed by atoms with Crippen LogP contribution >= 0.6 is 11.3 Å². The Balaban J connectivity index is 1.60. The van der Waals surface area contributed by atoms with Gasteiger partial charge in [0.05, 0.1) is 19.3 Å². The number of hydrogen-bond donors (Lipinski definition) is 1. The molecular formula is C19H17N3O2S. The Bertz CT molecular complexity index is 916. The maximum atomic E-state index is 12.3. The first kappa shape index (κ1) is 16.8. The quantitative estimate of drug-likeness (QED) is 0.735. The fraction of sp³-hybridized carbons (Fsp3) is 0.158. The van der Waals surface area contributed by atoms with Gasteiger partial charge in [-0.05, 0) is 43.3 Å². The van der Waals surface area contributed by atoms with Gasteiger partial charge in [0.1, 0.15) is 10.6 Å². The normalized spacial score (nSPS) is 10.0. The van der Waals surface area contributed by atoms with Crippen molar-refractivity contribution in [2.75, 3.05) is 13.7 Å². The number of nitrogens with one attached hydrogen (secondary N) is 1. The molecule has 0 radical (unpaired) electrons. The molecule has 2 aromatic heterocycles. The van der Waals surface area contributed by atoms with E-state index in [1.807, 2.05) is 60.3 Å². The number of carbonyl (C=O) groups excluding carboxylic acids is 1. The van der Waals surface area contributed by atoms with E-state index >= 15 is 0 Å². The fourth-order valence-corrected chi connectivity index (χ4v) is 3.14. The molecule has 126 valence electrons. The predicted octanol–water partition coefficient (Wildman–Crippen LogP) is 3.03. The van der Waals surface area contributed by atoms with Crippen molar-refractivity contribution in [2.45, 2.75) is 6.92 Å². The highest BCUT2D eigenvalue weighted by Gasteiger charge is 2.15. The fourth-order valence-electron chi connectivity index (χ4n) is 2.19. The molecule has 6 heteroatoms. The highest BCUT2D eigenvalue weighted by atomic mass is 32.1. The highest BCUT2D eigenvalue weighted by molar-refractivity contribution is 7.16. The van der Waals surface area contributed by atoms with Crippen LogP contribution < -0.4 is 10.1 Å². The molecule has 1 amide bonds. The zero-order valence-corrected chi connectivity index (χ0v) is 14.8. The molecule has 1 aromatic carbocycles. The van der Waals surface area contributed by atoms with Crippen LogP contribution in [0.25, 0.3) is 5.13 Å². The Morgan fingerprint density at radius 2 is 2.00 bits per heavy atom. The molecule has 0 bridgehead atoms. The number of amides is 1. The molecule has 1 N–H and O–H groups in total. The zero-order chi connectivity index (χ0) is 17.6. The third-order valence-electron chi connectivity index (χ3n) is 3.48. The Morgan fingerprint density at radius 3 is 2.68 bits per heavy atom. The maximum Gasteiger partial charge on any atom is 0.264 e. The van der Waals surface area contributed by atoms with Crippen molar-refractivity contribution in [1.29, 1.82) is 0 Å². The number of aromatic nitrogens is 2. The van der Waals surface area contributed by atoms with E-state index in [0.717, 1.165) is 16.4 Å². The second-order valence-corrected chi connectivity index (χ2v) is 6.19. The summed E-state index contributed by atoms with van der Waals surface area (Å²) in [5.41, 5.74) is 1.59. The van der Waals surface area contributed by atoms with Crippen molar-refractivity contribution in [3.8, 4) is 22.7 Å². The molecule has 0 atom stereocenters. The average Bonchev–Trinajstić information content (AvgIpc) is 3.28. The van der Waals surface area contributed by atoms with Crippen LogP contribution in [0.3, 0.4) is 0 Å². The van der Waals surface area contributed by atoms with Gasteiger partial charge in [-0.1, -0.05) is 23.2 Å². The Kier molecular flexibility index (Phi) is 5.17. The van der Waals surface area contributed by atoms with Crippen molar-refractivity contribution >= 4 is 17.2 Å². The lowest BCUT2D eigenvalue weighted by Gasteiger charge is -1.99. The van der Waals surface area contributed by atoms with Crippen molar-refractivity contribution in [3.05, 3.63) is 64.9 Å². The summed E-state index contributed by atoms with van der Waals surface area (Å²) < 4.78 is 6.99. The summed E-state index contributed by atoms with van der Waals surface area (Å²) in [4.78, 5) is 17.4. The minimum absolute atomic E-state index is 0.155. The molecule has 2 heterocycles. The molecule has 3 rings (SSSR count). The molecular weight excluding hydrogens is 334 g/mol. The molecule has 0 saturated carbocycles. The Labute approximate surface area is 150 Å². The van der Waals surface area contributed by atoms with Gasteiger partial charge in [-0.15, -0.1) is 0 Å². The third kappa shape index (κ3) is 4.08. The molecule has 0 spiro atoms. The first-order valence-corrected chi connectivity index (χ1v) is 8.51. The molecule has 0 aliphatic rings. The van der Waals surface area contributed by atoms with Gasteiger partial charge >= 0.3 is 0 Å². The van der Waals surface area contributed by atoms with Crippen LogP contribution in [0.2, 0.25) is 0 Å². The van der Waals surface area contributed by atoms with Crippen LogP contribution in [0, 0.1) is 18.8 Å². The number of nitrogens with zero attached hydrogens (tertiary/aromatic N) is 2. The molecule has 5 nitrogen and oxygen atoms in total. The Morgan fingerprint density at radius 1 is 1.28 bits per heavy atom. The van der Waals surface area contributed by atoms with Crippen molar-refractivity contribution < 1.29 is 9.53 Å². The average molecular weight is 351 g/mol. The van der Waals surface area contributed by atoms with Crippen LogP contribution in [0.5, 0.6) is 5.75 Å². The molecule has 25 heavy (non-hydrogen) atoms. The van der Waals surface area contributed by atoms with E-state index < -0.39 is 0 Å². The van der Waals surface area contributed by atoms with E-state index in [0.29, 0.717) is 10.6 Å². The second kappa shape index (κ2) is 7.69. The summed E-state index contributed by atoms with van der Waals surface area (Å²) in [6.07, 6.45) is 3.81. The number of benzene rings is 1. The number of hydrogen-bond acceptors (Lipinski definition) is 4. The van der Waals surface area contributed by atoms with E-state index in [2.05, 4.69) is 22.1 Å². The van der Waals surface area contributed by atoms with Gasteiger partial charge in [0.2, 0.25) is 0 Å². The summed E-state index contributed by atoms with van der Waals surface area (Å²) in [6, 6.07) is 11.3. The number of ether oxygens (including phenoxy) is 1. The van der Waals surface area contributed by atoms with E-state index in [9.17, 15) is 4.79 Å². The van der Waals surface area contributed by atoms with Gasteiger partial charge in [0.15, 0.2) is 5.13 Å². The summed E-state index contributed by atoms with van der Waals surface area (Å²) in [6.45, 7) is 2.11. The number of thiazole rings is 1. The summed E-state index contributed by atoms with van der Waals surface area (Å²) in [5, 5.41) is 3.59.